The third-order valence-electron chi connectivity index (χ3n) is 4.83. The predicted molar refractivity (Wildman–Crippen MR) is 126 cm³/mol. The molecule has 0 bridgehead atoms. The largest absolute Gasteiger partial charge is 0.342 e. The first-order valence-electron chi connectivity index (χ1n) is 9.54. The van der Waals surface area contributed by atoms with Crippen molar-refractivity contribution in [1.29, 1.82) is 5.26 Å². The second kappa shape index (κ2) is 9.09. The standard InChI is InChI=1S/C25H17Cl2N3O/c26-20-10-8-17(9-11-20)15-30-16-19(23-6-1-2-7-24(23)30)12-18(14-28)25(31)29-22-5-3-4-21(27)13-22/h1-13,16H,15H2,(H,29,31)/b18-12+. The van der Waals surface area contributed by atoms with Gasteiger partial charge in [-0.25, -0.2) is 0 Å². The number of nitriles is 1. The number of hydrogen-bond acceptors (Lipinski definition) is 2. The van der Waals surface area contributed by atoms with Crippen molar-refractivity contribution in [2.24, 2.45) is 0 Å². The number of nitrogens with one attached hydrogen (secondary N) is 1. The Morgan fingerprint density at radius 1 is 1.00 bits per heavy atom. The van der Waals surface area contributed by atoms with Gasteiger partial charge in [0.2, 0.25) is 0 Å². The zero-order valence-corrected chi connectivity index (χ0v) is 17.9. The highest BCUT2D eigenvalue weighted by atomic mass is 35.5. The molecule has 4 rings (SSSR count). The third-order valence-corrected chi connectivity index (χ3v) is 5.32. The third kappa shape index (κ3) is 4.80. The summed E-state index contributed by atoms with van der Waals surface area (Å²) in [5.41, 5.74) is 3.44. The maximum atomic E-state index is 12.7. The lowest BCUT2D eigenvalue weighted by atomic mass is 10.1. The molecular weight excluding hydrogens is 429 g/mol. The van der Waals surface area contributed by atoms with Crippen molar-refractivity contribution in [3.05, 3.63) is 106 Å². The molecule has 1 heterocycles. The number of carbonyl (C=O) groups is 1. The average Bonchev–Trinajstić information content (AvgIpc) is 3.11. The van der Waals surface area contributed by atoms with Gasteiger partial charge in [-0.3, -0.25) is 4.79 Å². The van der Waals surface area contributed by atoms with Gasteiger partial charge in [-0.05, 0) is 48.0 Å². The molecule has 0 aliphatic carbocycles. The van der Waals surface area contributed by atoms with E-state index in [-0.39, 0.29) is 5.57 Å². The highest BCUT2D eigenvalue weighted by molar-refractivity contribution is 6.31. The fourth-order valence-corrected chi connectivity index (χ4v) is 3.69. The van der Waals surface area contributed by atoms with Gasteiger partial charge in [-0.15, -0.1) is 0 Å². The molecule has 4 nitrogen and oxygen atoms in total. The summed E-state index contributed by atoms with van der Waals surface area (Å²) in [4.78, 5) is 12.7. The molecule has 3 aromatic carbocycles. The van der Waals surface area contributed by atoms with E-state index in [4.69, 9.17) is 23.2 Å². The molecule has 0 spiro atoms. The van der Waals surface area contributed by atoms with Crippen LogP contribution in [0.4, 0.5) is 5.69 Å². The Bertz CT molecular complexity index is 1330. The van der Waals surface area contributed by atoms with Gasteiger partial charge in [0.05, 0.1) is 0 Å². The first kappa shape index (κ1) is 20.7. The maximum absolute atomic E-state index is 12.7. The molecule has 0 atom stereocenters. The second-order valence-corrected chi connectivity index (χ2v) is 7.86. The average molecular weight is 446 g/mol. The maximum Gasteiger partial charge on any atom is 0.266 e. The van der Waals surface area contributed by atoms with E-state index in [0.717, 1.165) is 22.0 Å². The molecule has 0 unspecified atom stereocenters. The number of rotatable bonds is 5. The number of fused-ring (bicyclic) bond motifs is 1. The first-order valence-corrected chi connectivity index (χ1v) is 10.3. The van der Waals surface area contributed by atoms with E-state index in [1.165, 1.54) is 0 Å². The molecule has 6 heteroatoms. The van der Waals surface area contributed by atoms with Gasteiger partial charge in [-0.1, -0.05) is 59.6 Å². The number of para-hydroxylation sites is 1. The molecule has 0 fully saturated rings. The minimum absolute atomic E-state index is 0.00868. The summed E-state index contributed by atoms with van der Waals surface area (Å²) in [5.74, 6) is -0.487. The summed E-state index contributed by atoms with van der Waals surface area (Å²) in [6, 6.07) is 24.4. The lowest BCUT2D eigenvalue weighted by Gasteiger charge is -2.05. The summed E-state index contributed by atoms with van der Waals surface area (Å²) < 4.78 is 2.09. The zero-order chi connectivity index (χ0) is 21.8. The zero-order valence-electron chi connectivity index (χ0n) is 16.3. The van der Waals surface area contributed by atoms with E-state index >= 15 is 0 Å². The number of benzene rings is 3. The topological polar surface area (TPSA) is 57.8 Å². The van der Waals surface area contributed by atoms with Crippen LogP contribution in [0.2, 0.25) is 10.0 Å². The van der Waals surface area contributed by atoms with Crippen LogP contribution >= 0.6 is 23.2 Å². The second-order valence-electron chi connectivity index (χ2n) is 6.99. The summed E-state index contributed by atoms with van der Waals surface area (Å²) in [5, 5.41) is 14.5. The summed E-state index contributed by atoms with van der Waals surface area (Å²) in [7, 11) is 0. The number of hydrogen-bond donors (Lipinski definition) is 1. The fraction of sp³-hybridized carbons (Fsp3) is 0.0400. The molecule has 4 aromatic rings. The number of nitrogens with zero attached hydrogens (tertiary/aromatic N) is 2. The van der Waals surface area contributed by atoms with Crippen molar-refractivity contribution in [1.82, 2.24) is 4.57 Å². The van der Waals surface area contributed by atoms with Crippen molar-refractivity contribution in [2.75, 3.05) is 5.32 Å². The SMILES string of the molecule is N#C/C(=C\c1cn(Cc2ccc(Cl)cc2)c2ccccc12)C(=O)Nc1cccc(Cl)c1. The highest BCUT2D eigenvalue weighted by Gasteiger charge is 2.13. The summed E-state index contributed by atoms with van der Waals surface area (Å²) >= 11 is 12.0. The Labute approximate surface area is 189 Å². The number of aromatic nitrogens is 1. The van der Waals surface area contributed by atoms with Gasteiger partial charge in [-0.2, -0.15) is 5.26 Å². The van der Waals surface area contributed by atoms with Crippen molar-refractivity contribution in [2.45, 2.75) is 6.54 Å². The molecule has 0 saturated carbocycles. The smallest absolute Gasteiger partial charge is 0.266 e. The lowest BCUT2D eigenvalue weighted by Crippen LogP contribution is -2.13. The van der Waals surface area contributed by atoms with Gasteiger partial charge >= 0.3 is 0 Å². The molecule has 1 N–H and O–H groups in total. The highest BCUT2D eigenvalue weighted by Crippen LogP contribution is 2.25. The first-order chi connectivity index (χ1) is 15.0. The molecule has 1 aromatic heterocycles. The van der Waals surface area contributed by atoms with E-state index in [2.05, 4.69) is 9.88 Å². The number of carbonyl (C=O) groups excluding carboxylic acids is 1. The lowest BCUT2D eigenvalue weighted by molar-refractivity contribution is -0.112. The Morgan fingerprint density at radius 3 is 2.52 bits per heavy atom. The van der Waals surface area contributed by atoms with Gasteiger partial charge in [0.1, 0.15) is 11.6 Å². The quantitative estimate of drug-likeness (QED) is 0.280. The van der Waals surface area contributed by atoms with Gasteiger partial charge in [0.15, 0.2) is 0 Å². The Balaban J connectivity index is 1.67. The van der Waals surface area contributed by atoms with E-state index < -0.39 is 5.91 Å². The minimum Gasteiger partial charge on any atom is -0.342 e. The number of halogens is 2. The van der Waals surface area contributed by atoms with Crippen LogP contribution in [0.5, 0.6) is 0 Å². The molecule has 31 heavy (non-hydrogen) atoms. The van der Waals surface area contributed by atoms with Gasteiger partial charge in [0.25, 0.3) is 5.91 Å². The summed E-state index contributed by atoms with van der Waals surface area (Å²) in [6.45, 7) is 0.641. The Morgan fingerprint density at radius 2 is 1.77 bits per heavy atom. The van der Waals surface area contributed by atoms with Crippen LogP contribution in [-0.2, 0) is 11.3 Å². The minimum atomic E-state index is -0.487. The van der Waals surface area contributed by atoms with Crippen molar-refractivity contribution >= 4 is 51.8 Å². The Hall–Kier alpha value is -3.52. The van der Waals surface area contributed by atoms with Crippen LogP contribution in [0.25, 0.3) is 17.0 Å². The predicted octanol–water partition coefficient (Wildman–Crippen LogP) is 6.54. The Kier molecular flexibility index (Phi) is 6.08. The molecule has 152 valence electrons. The van der Waals surface area contributed by atoms with Crippen LogP contribution in [-0.4, -0.2) is 10.5 Å². The normalized spacial score (nSPS) is 11.3. The fourth-order valence-electron chi connectivity index (χ4n) is 3.38. The van der Waals surface area contributed by atoms with E-state index in [0.29, 0.717) is 22.3 Å². The van der Waals surface area contributed by atoms with E-state index in [1.54, 1.807) is 30.3 Å². The molecular formula is C25H17Cl2N3O. The molecule has 0 aliphatic heterocycles. The molecule has 1 amide bonds. The summed E-state index contributed by atoms with van der Waals surface area (Å²) in [6.07, 6.45) is 3.56. The van der Waals surface area contributed by atoms with Gasteiger partial charge < -0.3 is 9.88 Å². The van der Waals surface area contributed by atoms with Crippen LogP contribution in [0.3, 0.4) is 0 Å². The molecule has 0 saturated heterocycles. The number of amides is 1. The van der Waals surface area contributed by atoms with Crippen LogP contribution in [0.1, 0.15) is 11.1 Å². The van der Waals surface area contributed by atoms with E-state index in [1.807, 2.05) is 60.8 Å². The van der Waals surface area contributed by atoms with Gasteiger partial charge in [0, 0.05) is 44.9 Å². The molecule has 0 radical (unpaired) electrons. The van der Waals surface area contributed by atoms with Crippen molar-refractivity contribution in [3.63, 3.8) is 0 Å². The number of anilines is 1. The van der Waals surface area contributed by atoms with Crippen molar-refractivity contribution < 1.29 is 4.79 Å². The van der Waals surface area contributed by atoms with Crippen molar-refractivity contribution in [3.8, 4) is 6.07 Å². The monoisotopic (exact) mass is 445 g/mol. The van der Waals surface area contributed by atoms with Crippen LogP contribution in [0, 0.1) is 11.3 Å². The van der Waals surface area contributed by atoms with E-state index in [9.17, 15) is 10.1 Å². The molecule has 0 aliphatic rings. The van der Waals surface area contributed by atoms with Crippen LogP contribution < -0.4 is 5.32 Å². The van der Waals surface area contributed by atoms with Crippen LogP contribution in [0.15, 0.2) is 84.6 Å².